The van der Waals surface area contributed by atoms with Gasteiger partial charge in [-0.25, -0.2) is 17.8 Å². The molecule has 0 bridgehead atoms. The number of aromatic nitrogens is 2. The fourth-order valence-electron chi connectivity index (χ4n) is 3.86. The molecule has 0 saturated carbocycles. The third-order valence-corrected chi connectivity index (χ3v) is 7.45. The number of nitrogens with one attached hydrogen (secondary N) is 1. The zero-order valence-electron chi connectivity index (χ0n) is 19.3. The highest BCUT2D eigenvalue weighted by Gasteiger charge is 2.29. The Hall–Kier alpha value is -2.90. The summed E-state index contributed by atoms with van der Waals surface area (Å²) in [5.74, 6) is -1.02. The first kappa shape index (κ1) is 25.2. The maximum atomic E-state index is 13.6. The topological polar surface area (TPSA) is 123 Å². The molecule has 2 atom stereocenters. The van der Waals surface area contributed by atoms with Crippen LogP contribution in [0.1, 0.15) is 23.0 Å². The standard InChI is InChI=1S/C23H27FN4O6S/c1-15(29)26-23(30)20-9-19-21(10-25-20)28(11-16-3-5-17(24)6-4-16)13-22(19)35(31,32)27(2)12-18-14-33-7-8-34-18/h3-6,9-10,13,15,18,29H,7-8,11-12,14H2,1-2H3,(H,26,30). The number of aliphatic hydroxyl groups excluding tert-OH is 1. The van der Waals surface area contributed by atoms with Crippen LogP contribution in [0.15, 0.2) is 47.6 Å². The van der Waals surface area contributed by atoms with Gasteiger partial charge in [-0.3, -0.25) is 4.79 Å². The fourth-order valence-corrected chi connectivity index (χ4v) is 5.26. The molecule has 2 N–H and O–H groups in total. The molecule has 2 unspecified atom stereocenters. The Labute approximate surface area is 202 Å². The van der Waals surface area contributed by atoms with Crippen molar-refractivity contribution in [1.82, 2.24) is 19.2 Å². The zero-order valence-corrected chi connectivity index (χ0v) is 20.2. The first-order valence-electron chi connectivity index (χ1n) is 11.0. The minimum Gasteiger partial charge on any atom is -0.376 e. The van der Waals surface area contributed by atoms with E-state index in [4.69, 9.17) is 9.47 Å². The van der Waals surface area contributed by atoms with Crippen LogP contribution in [0.25, 0.3) is 10.9 Å². The van der Waals surface area contributed by atoms with Crippen LogP contribution in [0.2, 0.25) is 0 Å². The van der Waals surface area contributed by atoms with E-state index in [9.17, 15) is 22.7 Å². The van der Waals surface area contributed by atoms with E-state index in [1.165, 1.54) is 48.9 Å². The number of hydrogen-bond donors (Lipinski definition) is 2. The minimum atomic E-state index is -4.00. The number of likely N-dealkylation sites (N-methyl/N-ethyl adjacent to an activating group) is 1. The van der Waals surface area contributed by atoms with Crippen LogP contribution < -0.4 is 5.32 Å². The Morgan fingerprint density at radius 1 is 1.34 bits per heavy atom. The van der Waals surface area contributed by atoms with Gasteiger partial charge in [-0.2, -0.15) is 4.31 Å². The number of halogens is 1. The van der Waals surface area contributed by atoms with Crippen LogP contribution in [0.5, 0.6) is 0 Å². The van der Waals surface area contributed by atoms with Gasteiger partial charge in [0.25, 0.3) is 5.91 Å². The predicted octanol–water partition coefficient (Wildman–Crippen LogP) is 1.33. The summed E-state index contributed by atoms with van der Waals surface area (Å²) in [6.45, 7) is 2.89. The SMILES string of the molecule is CC(O)NC(=O)c1cc2c(S(=O)(=O)N(C)CC3COCCO3)cn(Cc3ccc(F)cc3)c2cn1. The summed E-state index contributed by atoms with van der Waals surface area (Å²) in [4.78, 5) is 16.6. The molecule has 1 saturated heterocycles. The van der Waals surface area contributed by atoms with Crippen molar-refractivity contribution in [2.75, 3.05) is 33.4 Å². The number of rotatable bonds is 8. The Balaban J connectivity index is 1.75. The summed E-state index contributed by atoms with van der Waals surface area (Å²) in [5.41, 5.74) is 1.19. The summed E-state index contributed by atoms with van der Waals surface area (Å²) in [7, 11) is -2.54. The van der Waals surface area contributed by atoms with Gasteiger partial charge in [0.15, 0.2) is 0 Å². The largest absolute Gasteiger partial charge is 0.376 e. The van der Waals surface area contributed by atoms with Gasteiger partial charge in [-0.15, -0.1) is 0 Å². The Morgan fingerprint density at radius 2 is 2.09 bits per heavy atom. The van der Waals surface area contributed by atoms with Crippen molar-refractivity contribution in [3.8, 4) is 0 Å². The zero-order chi connectivity index (χ0) is 25.2. The molecule has 12 heteroatoms. The van der Waals surface area contributed by atoms with Crippen molar-refractivity contribution in [2.45, 2.75) is 30.7 Å². The van der Waals surface area contributed by atoms with E-state index >= 15 is 0 Å². The average Bonchev–Trinajstić information content (AvgIpc) is 3.19. The molecule has 3 heterocycles. The molecule has 188 valence electrons. The van der Waals surface area contributed by atoms with Crippen molar-refractivity contribution in [2.24, 2.45) is 0 Å². The van der Waals surface area contributed by atoms with Gasteiger partial charge in [0, 0.05) is 31.7 Å². The lowest BCUT2D eigenvalue weighted by Gasteiger charge is -2.27. The van der Waals surface area contributed by atoms with Crippen LogP contribution in [-0.2, 0) is 26.0 Å². The van der Waals surface area contributed by atoms with Gasteiger partial charge in [0.1, 0.15) is 22.6 Å². The number of ether oxygens (including phenoxy) is 2. The van der Waals surface area contributed by atoms with Gasteiger partial charge < -0.3 is 24.5 Å². The van der Waals surface area contributed by atoms with Crippen LogP contribution in [-0.4, -0.2) is 79.0 Å². The summed E-state index contributed by atoms with van der Waals surface area (Å²) in [6.07, 6.45) is 1.39. The number of sulfonamides is 1. The molecule has 2 aromatic heterocycles. The molecule has 4 rings (SSSR count). The number of carbonyl (C=O) groups excluding carboxylic acids is 1. The summed E-state index contributed by atoms with van der Waals surface area (Å²) >= 11 is 0. The lowest BCUT2D eigenvalue weighted by atomic mass is 10.2. The first-order valence-corrected chi connectivity index (χ1v) is 12.5. The molecule has 0 spiro atoms. The Bertz CT molecular complexity index is 1300. The summed E-state index contributed by atoms with van der Waals surface area (Å²) in [5, 5.41) is 12.1. The normalized spacial score (nSPS) is 17.6. The second-order valence-corrected chi connectivity index (χ2v) is 10.4. The molecule has 1 aliphatic rings. The van der Waals surface area contributed by atoms with Crippen LogP contribution >= 0.6 is 0 Å². The van der Waals surface area contributed by atoms with Gasteiger partial charge >= 0.3 is 0 Å². The lowest BCUT2D eigenvalue weighted by molar-refractivity contribution is -0.0909. The lowest BCUT2D eigenvalue weighted by Crippen LogP contribution is -2.40. The van der Waals surface area contributed by atoms with Gasteiger partial charge in [0.2, 0.25) is 10.0 Å². The quantitative estimate of drug-likeness (QED) is 0.442. The van der Waals surface area contributed by atoms with E-state index in [0.29, 0.717) is 30.7 Å². The van der Waals surface area contributed by atoms with Crippen molar-refractivity contribution >= 4 is 26.8 Å². The van der Waals surface area contributed by atoms with Crippen LogP contribution in [0.3, 0.4) is 0 Å². The smallest absolute Gasteiger partial charge is 0.271 e. The number of hydrogen-bond acceptors (Lipinski definition) is 7. The number of amides is 1. The number of benzene rings is 1. The van der Waals surface area contributed by atoms with E-state index in [-0.39, 0.29) is 29.5 Å². The number of pyridine rings is 1. The van der Waals surface area contributed by atoms with Gasteiger partial charge in [0.05, 0.1) is 37.6 Å². The first-order chi connectivity index (χ1) is 16.6. The maximum absolute atomic E-state index is 13.6. The van der Waals surface area contributed by atoms with Crippen molar-refractivity contribution < 1.29 is 32.2 Å². The number of aliphatic hydroxyl groups is 1. The second-order valence-electron chi connectivity index (χ2n) is 8.34. The van der Waals surface area contributed by atoms with E-state index in [0.717, 1.165) is 5.56 Å². The molecule has 10 nitrogen and oxygen atoms in total. The number of nitrogens with zero attached hydrogens (tertiary/aromatic N) is 3. The Kier molecular flexibility index (Phi) is 7.47. The monoisotopic (exact) mass is 506 g/mol. The molecule has 35 heavy (non-hydrogen) atoms. The van der Waals surface area contributed by atoms with E-state index < -0.39 is 28.3 Å². The maximum Gasteiger partial charge on any atom is 0.271 e. The molecular formula is C23H27FN4O6S. The molecule has 1 amide bonds. The summed E-state index contributed by atoms with van der Waals surface area (Å²) < 4.78 is 54.4. The van der Waals surface area contributed by atoms with E-state index in [2.05, 4.69) is 10.3 Å². The van der Waals surface area contributed by atoms with Gasteiger partial charge in [-0.1, -0.05) is 12.1 Å². The minimum absolute atomic E-state index is 0.0117. The third-order valence-electron chi connectivity index (χ3n) is 5.60. The fraction of sp³-hybridized carbons (Fsp3) is 0.391. The number of fused-ring (bicyclic) bond motifs is 1. The summed E-state index contributed by atoms with van der Waals surface area (Å²) in [6, 6.07) is 7.26. The van der Waals surface area contributed by atoms with Crippen molar-refractivity contribution in [3.63, 3.8) is 0 Å². The highest BCUT2D eigenvalue weighted by molar-refractivity contribution is 7.89. The Morgan fingerprint density at radius 3 is 2.74 bits per heavy atom. The predicted molar refractivity (Wildman–Crippen MR) is 125 cm³/mol. The molecule has 1 fully saturated rings. The van der Waals surface area contributed by atoms with Gasteiger partial charge in [-0.05, 0) is 30.7 Å². The highest BCUT2D eigenvalue weighted by atomic mass is 32.2. The molecule has 1 aliphatic heterocycles. The van der Waals surface area contributed by atoms with E-state index in [1.54, 1.807) is 16.7 Å². The molecule has 3 aromatic rings. The molecular weight excluding hydrogens is 479 g/mol. The van der Waals surface area contributed by atoms with Crippen LogP contribution in [0, 0.1) is 5.82 Å². The molecule has 0 aliphatic carbocycles. The third kappa shape index (κ3) is 5.68. The number of carbonyl (C=O) groups is 1. The molecule has 1 aromatic carbocycles. The highest BCUT2D eigenvalue weighted by Crippen LogP contribution is 2.29. The second kappa shape index (κ2) is 10.4. The van der Waals surface area contributed by atoms with E-state index in [1.807, 2.05) is 0 Å². The molecule has 0 radical (unpaired) electrons. The van der Waals surface area contributed by atoms with Crippen LogP contribution in [0.4, 0.5) is 4.39 Å². The van der Waals surface area contributed by atoms with Crippen molar-refractivity contribution in [1.29, 1.82) is 0 Å². The average molecular weight is 507 g/mol. The van der Waals surface area contributed by atoms with Crippen molar-refractivity contribution in [3.05, 3.63) is 59.8 Å².